The number of aliphatic hydroxyl groups excluding tert-OH is 2. The van der Waals surface area contributed by atoms with Gasteiger partial charge in [0.2, 0.25) is 5.91 Å². The predicted octanol–water partition coefficient (Wildman–Crippen LogP) is 27.1. The third-order valence-corrected chi connectivity index (χ3v) is 19.6. The highest BCUT2D eigenvalue weighted by molar-refractivity contribution is 5.76. The summed E-state index contributed by atoms with van der Waals surface area (Å²) in [7, 11) is 0. The zero-order valence-corrected chi connectivity index (χ0v) is 60.3. The van der Waals surface area contributed by atoms with Crippen molar-refractivity contribution in [3.05, 3.63) is 12.2 Å². The fraction of sp³-hybridized carbons (Fsp3) is 0.951. The zero-order chi connectivity index (χ0) is 63.5. The van der Waals surface area contributed by atoms with Crippen LogP contribution in [0.25, 0.3) is 0 Å². The molecule has 2 atom stereocenters. The summed E-state index contributed by atoms with van der Waals surface area (Å²) in [6, 6.07) is -0.624. The van der Waals surface area contributed by atoms with Crippen LogP contribution in [-0.4, -0.2) is 47.4 Å². The van der Waals surface area contributed by atoms with Crippen LogP contribution in [0.2, 0.25) is 0 Å². The quantitative estimate of drug-likeness (QED) is 0.0320. The predicted molar refractivity (Wildman–Crippen MR) is 389 cm³/mol. The van der Waals surface area contributed by atoms with E-state index in [0.717, 1.165) is 38.5 Å². The number of nitrogens with one attached hydrogen (secondary N) is 1. The fourth-order valence-corrected chi connectivity index (χ4v) is 13.3. The van der Waals surface area contributed by atoms with Gasteiger partial charge in [-0.2, -0.15) is 0 Å². The average molecular weight is 1240 g/mol. The second-order valence-electron chi connectivity index (χ2n) is 28.5. The smallest absolute Gasteiger partial charge is 0.305 e. The van der Waals surface area contributed by atoms with Gasteiger partial charge < -0.3 is 20.3 Å². The number of allylic oxidation sites excluding steroid dienone is 1. The van der Waals surface area contributed by atoms with E-state index in [-0.39, 0.29) is 18.5 Å². The van der Waals surface area contributed by atoms with Crippen molar-refractivity contribution in [2.75, 3.05) is 13.2 Å². The van der Waals surface area contributed by atoms with E-state index >= 15 is 0 Å². The summed E-state index contributed by atoms with van der Waals surface area (Å²) in [5.74, 6) is -0.0299. The van der Waals surface area contributed by atoms with Gasteiger partial charge in [0, 0.05) is 12.8 Å². The maximum atomic E-state index is 12.5. The van der Waals surface area contributed by atoms with Crippen molar-refractivity contribution in [2.24, 2.45) is 0 Å². The van der Waals surface area contributed by atoms with Crippen molar-refractivity contribution in [3.8, 4) is 0 Å². The molecule has 0 fully saturated rings. The highest BCUT2D eigenvalue weighted by Crippen LogP contribution is 2.21. The van der Waals surface area contributed by atoms with Crippen molar-refractivity contribution in [1.29, 1.82) is 0 Å². The zero-order valence-electron chi connectivity index (χ0n) is 60.3. The third kappa shape index (κ3) is 73.6. The van der Waals surface area contributed by atoms with Crippen LogP contribution >= 0.6 is 0 Å². The lowest BCUT2D eigenvalue weighted by atomic mass is 10.0. The van der Waals surface area contributed by atoms with Gasteiger partial charge in [0.1, 0.15) is 0 Å². The van der Waals surface area contributed by atoms with Crippen LogP contribution in [0.1, 0.15) is 476 Å². The van der Waals surface area contributed by atoms with Gasteiger partial charge in [0.15, 0.2) is 0 Å². The highest BCUT2D eigenvalue weighted by Gasteiger charge is 2.18. The largest absolute Gasteiger partial charge is 0.466 e. The van der Waals surface area contributed by atoms with Crippen LogP contribution in [0.4, 0.5) is 0 Å². The van der Waals surface area contributed by atoms with Crippen molar-refractivity contribution < 1.29 is 24.5 Å². The number of carbonyl (C=O) groups excluding carboxylic acids is 2. The second kappa shape index (κ2) is 78.0. The van der Waals surface area contributed by atoms with Crippen LogP contribution in [-0.2, 0) is 14.3 Å². The first-order valence-electron chi connectivity index (χ1n) is 41.0. The van der Waals surface area contributed by atoms with Gasteiger partial charge >= 0.3 is 5.97 Å². The van der Waals surface area contributed by atoms with Crippen LogP contribution in [0.15, 0.2) is 12.2 Å². The van der Waals surface area contributed by atoms with E-state index in [0.29, 0.717) is 19.4 Å². The number of esters is 1. The van der Waals surface area contributed by atoms with E-state index in [1.807, 2.05) is 6.08 Å². The van der Waals surface area contributed by atoms with E-state index in [2.05, 4.69) is 19.2 Å². The molecule has 88 heavy (non-hydrogen) atoms. The molecule has 6 nitrogen and oxygen atoms in total. The van der Waals surface area contributed by atoms with E-state index in [1.165, 1.54) is 411 Å². The Morgan fingerprint density at radius 2 is 0.523 bits per heavy atom. The first-order valence-corrected chi connectivity index (χ1v) is 41.0. The van der Waals surface area contributed by atoms with Crippen molar-refractivity contribution in [2.45, 2.75) is 488 Å². The van der Waals surface area contributed by atoms with Crippen molar-refractivity contribution in [1.82, 2.24) is 5.32 Å². The molecule has 6 heteroatoms. The van der Waals surface area contributed by atoms with Gasteiger partial charge in [0.25, 0.3) is 0 Å². The first-order chi connectivity index (χ1) is 43.5. The molecule has 0 aromatic carbocycles. The highest BCUT2D eigenvalue weighted by atomic mass is 16.5. The summed E-state index contributed by atoms with van der Waals surface area (Å²) >= 11 is 0. The molecule has 0 saturated carbocycles. The number of rotatable bonds is 78. The molecule has 0 heterocycles. The molecule has 0 aliphatic heterocycles. The van der Waals surface area contributed by atoms with Crippen molar-refractivity contribution in [3.63, 3.8) is 0 Å². The average Bonchev–Trinajstić information content (AvgIpc) is 3.58. The molecular formula is C82H161NO5. The minimum Gasteiger partial charge on any atom is -0.466 e. The van der Waals surface area contributed by atoms with Crippen molar-refractivity contribution >= 4 is 11.9 Å². The van der Waals surface area contributed by atoms with Gasteiger partial charge in [-0.05, 0) is 32.1 Å². The SMILES string of the molecule is CCCCCCCCCCCCCCCCCC/C=C/C(O)C(CO)NC(=O)CCCCCCCCCCCCCCCCCCCCCCCCCCCCCCCCCCCCCOC(=O)CCCCCCCCCCCCCCCCCCCC. The Balaban J connectivity index is 3.30. The van der Waals surface area contributed by atoms with E-state index in [1.54, 1.807) is 6.08 Å². The van der Waals surface area contributed by atoms with Crippen LogP contribution < -0.4 is 5.32 Å². The number of ether oxygens (including phenoxy) is 1. The lowest BCUT2D eigenvalue weighted by Gasteiger charge is -2.20. The van der Waals surface area contributed by atoms with Gasteiger partial charge in [-0.15, -0.1) is 0 Å². The minimum absolute atomic E-state index is 0.0281. The monoisotopic (exact) mass is 1240 g/mol. The Labute approximate surface area is 552 Å². The number of unbranched alkanes of at least 4 members (excludes halogenated alkanes) is 67. The molecule has 0 radical (unpaired) electrons. The van der Waals surface area contributed by atoms with Gasteiger partial charge in [-0.1, -0.05) is 443 Å². The lowest BCUT2D eigenvalue weighted by molar-refractivity contribution is -0.143. The molecule has 0 saturated heterocycles. The molecule has 0 bridgehead atoms. The third-order valence-electron chi connectivity index (χ3n) is 19.6. The Kier molecular flexibility index (Phi) is 76.8. The first kappa shape index (κ1) is 86.6. The van der Waals surface area contributed by atoms with E-state index < -0.39 is 12.1 Å². The summed E-state index contributed by atoms with van der Waals surface area (Å²) in [6.45, 7) is 4.97. The summed E-state index contributed by atoms with van der Waals surface area (Å²) in [5, 5.41) is 23.3. The lowest BCUT2D eigenvalue weighted by Crippen LogP contribution is -2.45. The van der Waals surface area contributed by atoms with Crippen LogP contribution in [0, 0.1) is 0 Å². The Bertz CT molecular complexity index is 1340. The van der Waals surface area contributed by atoms with Crippen LogP contribution in [0.3, 0.4) is 0 Å². The fourth-order valence-electron chi connectivity index (χ4n) is 13.3. The molecule has 0 aromatic heterocycles. The molecule has 0 aliphatic carbocycles. The molecule has 3 N–H and O–H groups in total. The Morgan fingerprint density at radius 1 is 0.307 bits per heavy atom. The second-order valence-corrected chi connectivity index (χ2v) is 28.5. The molecule has 2 unspecified atom stereocenters. The molecular weight excluding hydrogens is 1080 g/mol. The number of aliphatic hydroxyl groups is 2. The normalized spacial score (nSPS) is 12.5. The standard InChI is InChI=1S/C82H161NO5/c1-3-5-7-9-11-13-15-17-19-21-42-46-50-54-58-62-66-70-74-80(85)79(78-84)83-81(86)75-71-67-63-59-55-51-47-43-40-38-36-34-32-30-28-26-24-23-25-27-29-31-33-35-37-39-41-45-49-53-57-61-65-69-73-77-88-82(87)76-72-68-64-60-56-52-48-44-22-20-18-16-14-12-10-8-6-4-2/h70,74,79-80,84-85H,3-69,71-73,75-78H2,1-2H3,(H,83,86)/b74-70+. The van der Waals surface area contributed by atoms with Gasteiger partial charge in [-0.25, -0.2) is 0 Å². The molecule has 0 rings (SSSR count). The number of carbonyl (C=O) groups is 2. The molecule has 0 aliphatic rings. The molecule has 0 spiro atoms. The molecule has 0 aromatic rings. The topological polar surface area (TPSA) is 95.9 Å². The minimum atomic E-state index is -0.841. The number of hydrogen-bond donors (Lipinski definition) is 3. The van der Waals surface area contributed by atoms with Gasteiger partial charge in [-0.3, -0.25) is 9.59 Å². The maximum Gasteiger partial charge on any atom is 0.305 e. The Hall–Kier alpha value is -1.40. The van der Waals surface area contributed by atoms with E-state index in [9.17, 15) is 19.8 Å². The van der Waals surface area contributed by atoms with Crippen LogP contribution in [0.5, 0.6) is 0 Å². The molecule has 524 valence electrons. The maximum absolute atomic E-state index is 12.5. The summed E-state index contributed by atoms with van der Waals surface area (Å²) in [5.41, 5.74) is 0. The Morgan fingerprint density at radius 3 is 0.773 bits per heavy atom. The number of hydrogen-bond acceptors (Lipinski definition) is 5. The van der Waals surface area contributed by atoms with E-state index in [4.69, 9.17) is 4.74 Å². The summed E-state index contributed by atoms with van der Waals surface area (Å²) in [4.78, 5) is 24.7. The van der Waals surface area contributed by atoms with Gasteiger partial charge in [0.05, 0.1) is 25.4 Å². The number of amides is 1. The molecule has 1 amide bonds. The summed E-state index contributed by atoms with van der Waals surface area (Å²) < 4.78 is 5.52. The summed E-state index contributed by atoms with van der Waals surface area (Å²) in [6.07, 6.45) is 99.3.